The van der Waals surface area contributed by atoms with Crippen molar-refractivity contribution in [2.45, 2.75) is 0 Å². The smallest absolute Gasteiger partial charge is 0.260 e. The van der Waals surface area contributed by atoms with Crippen molar-refractivity contribution in [3.63, 3.8) is 0 Å². The number of aromatic nitrogens is 1. The van der Waals surface area contributed by atoms with Crippen LogP contribution in [-0.2, 0) is 0 Å². The number of anilines is 1. The van der Waals surface area contributed by atoms with Crippen LogP contribution in [0.3, 0.4) is 0 Å². The summed E-state index contributed by atoms with van der Waals surface area (Å²) in [5.74, 6) is 0.722. The first-order valence-electron chi connectivity index (χ1n) is 6.69. The molecule has 0 aliphatic rings. The van der Waals surface area contributed by atoms with E-state index in [2.05, 4.69) is 4.98 Å². The van der Waals surface area contributed by atoms with E-state index < -0.39 is 0 Å². The molecule has 1 N–H and O–H groups in total. The zero-order valence-electron chi connectivity index (χ0n) is 12.0. The van der Waals surface area contributed by atoms with Gasteiger partial charge in [-0.05, 0) is 36.4 Å². The maximum atomic E-state index is 12.7. The average molecular weight is 280 g/mol. The van der Waals surface area contributed by atoms with Crippen LogP contribution in [0.15, 0.2) is 54.7 Å². The van der Waals surface area contributed by atoms with Crippen molar-refractivity contribution in [3.05, 3.63) is 60.3 Å². The van der Waals surface area contributed by atoms with E-state index in [0.717, 1.165) is 22.3 Å². The van der Waals surface area contributed by atoms with Crippen LogP contribution in [0.4, 0.5) is 5.69 Å². The molecule has 0 aliphatic carbocycles. The monoisotopic (exact) mass is 280 g/mol. The Kier molecular flexibility index (Phi) is 3.36. The molecular formula is C17H16N2O2. The number of aromatic amines is 1. The van der Waals surface area contributed by atoms with Gasteiger partial charge in [0.25, 0.3) is 5.91 Å². The van der Waals surface area contributed by atoms with Gasteiger partial charge < -0.3 is 14.6 Å². The van der Waals surface area contributed by atoms with Crippen molar-refractivity contribution < 1.29 is 9.53 Å². The second kappa shape index (κ2) is 5.32. The van der Waals surface area contributed by atoms with E-state index in [9.17, 15) is 4.79 Å². The van der Waals surface area contributed by atoms with Gasteiger partial charge in [0, 0.05) is 24.3 Å². The second-order valence-electron chi connectivity index (χ2n) is 4.81. The van der Waals surface area contributed by atoms with Crippen LogP contribution in [0.5, 0.6) is 5.75 Å². The molecule has 3 aromatic rings. The van der Waals surface area contributed by atoms with Gasteiger partial charge in [-0.25, -0.2) is 0 Å². The molecule has 2 aromatic carbocycles. The van der Waals surface area contributed by atoms with Crippen LogP contribution in [-0.4, -0.2) is 25.0 Å². The highest BCUT2D eigenvalue weighted by Gasteiger charge is 2.16. The summed E-state index contributed by atoms with van der Waals surface area (Å²) in [6, 6.07) is 15.1. The van der Waals surface area contributed by atoms with Gasteiger partial charge in [-0.1, -0.05) is 12.1 Å². The molecule has 0 spiro atoms. The molecule has 0 aliphatic heterocycles. The summed E-state index contributed by atoms with van der Waals surface area (Å²) < 4.78 is 5.13. The zero-order chi connectivity index (χ0) is 14.8. The summed E-state index contributed by atoms with van der Waals surface area (Å²) in [6.07, 6.45) is 1.84. The molecule has 4 nitrogen and oxygen atoms in total. The third-order valence-corrected chi connectivity index (χ3v) is 3.58. The third kappa shape index (κ3) is 2.36. The van der Waals surface area contributed by atoms with Crippen molar-refractivity contribution in [1.29, 1.82) is 0 Å². The van der Waals surface area contributed by atoms with E-state index in [0.29, 0.717) is 5.56 Å². The minimum absolute atomic E-state index is 0.0479. The Hall–Kier alpha value is -2.75. The van der Waals surface area contributed by atoms with E-state index in [1.54, 1.807) is 19.1 Å². The first-order valence-corrected chi connectivity index (χ1v) is 6.69. The normalized spacial score (nSPS) is 10.6. The molecule has 0 atom stereocenters. The molecule has 106 valence electrons. The number of ether oxygens (including phenoxy) is 1. The molecule has 1 amide bonds. The Morgan fingerprint density at radius 2 is 1.86 bits per heavy atom. The number of methoxy groups -OCH3 is 1. The number of hydrogen-bond acceptors (Lipinski definition) is 2. The van der Waals surface area contributed by atoms with Crippen LogP contribution in [0.2, 0.25) is 0 Å². The molecule has 1 aromatic heterocycles. The topological polar surface area (TPSA) is 45.3 Å². The Morgan fingerprint density at radius 1 is 1.10 bits per heavy atom. The van der Waals surface area contributed by atoms with Crippen LogP contribution in [0.25, 0.3) is 10.9 Å². The first-order chi connectivity index (χ1) is 10.2. The summed E-state index contributed by atoms with van der Waals surface area (Å²) in [4.78, 5) is 17.4. The zero-order valence-corrected chi connectivity index (χ0v) is 12.0. The van der Waals surface area contributed by atoms with Crippen molar-refractivity contribution in [1.82, 2.24) is 4.98 Å². The number of fused-ring (bicyclic) bond motifs is 1. The van der Waals surface area contributed by atoms with E-state index >= 15 is 0 Å². The summed E-state index contributed by atoms with van der Waals surface area (Å²) in [5.41, 5.74) is 2.35. The Balaban J connectivity index is 1.95. The fourth-order valence-corrected chi connectivity index (χ4v) is 2.37. The molecule has 0 saturated heterocycles. The number of benzene rings is 2. The highest BCUT2D eigenvalue weighted by Crippen LogP contribution is 2.23. The lowest BCUT2D eigenvalue weighted by Gasteiger charge is -2.18. The van der Waals surface area contributed by atoms with Gasteiger partial charge in [0.2, 0.25) is 0 Å². The fourth-order valence-electron chi connectivity index (χ4n) is 2.37. The van der Waals surface area contributed by atoms with Crippen molar-refractivity contribution in [3.8, 4) is 5.75 Å². The van der Waals surface area contributed by atoms with Gasteiger partial charge in [-0.15, -0.1) is 0 Å². The average Bonchev–Trinajstić information content (AvgIpc) is 3.02. The van der Waals surface area contributed by atoms with Crippen LogP contribution >= 0.6 is 0 Å². The number of nitrogens with zero attached hydrogens (tertiary/aromatic N) is 1. The fraction of sp³-hybridized carbons (Fsp3) is 0.118. The number of amides is 1. The molecule has 0 fully saturated rings. The number of hydrogen-bond donors (Lipinski definition) is 1. The number of H-pyrrole nitrogens is 1. The largest absolute Gasteiger partial charge is 0.497 e. The lowest BCUT2D eigenvalue weighted by Crippen LogP contribution is -2.26. The van der Waals surface area contributed by atoms with E-state index in [1.807, 2.05) is 54.7 Å². The second-order valence-corrected chi connectivity index (χ2v) is 4.81. The third-order valence-electron chi connectivity index (χ3n) is 3.58. The van der Waals surface area contributed by atoms with Gasteiger partial charge in [0.15, 0.2) is 0 Å². The van der Waals surface area contributed by atoms with Crippen molar-refractivity contribution >= 4 is 22.5 Å². The first kappa shape index (κ1) is 13.2. The molecular weight excluding hydrogens is 264 g/mol. The molecule has 0 radical (unpaired) electrons. The minimum atomic E-state index is -0.0479. The molecule has 0 unspecified atom stereocenters. The Bertz CT molecular complexity index is 775. The van der Waals surface area contributed by atoms with Gasteiger partial charge in [-0.2, -0.15) is 0 Å². The quantitative estimate of drug-likeness (QED) is 0.798. The number of nitrogens with one attached hydrogen (secondary N) is 1. The van der Waals surface area contributed by atoms with Crippen molar-refractivity contribution in [2.75, 3.05) is 19.1 Å². The van der Waals surface area contributed by atoms with Crippen LogP contribution in [0, 0.1) is 0 Å². The molecule has 4 heteroatoms. The summed E-state index contributed by atoms with van der Waals surface area (Å²) in [6.45, 7) is 0. The van der Waals surface area contributed by atoms with Crippen LogP contribution in [0.1, 0.15) is 10.4 Å². The molecule has 21 heavy (non-hydrogen) atoms. The maximum absolute atomic E-state index is 12.7. The summed E-state index contributed by atoms with van der Waals surface area (Å²) in [5, 5.41) is 1.03. The minimum Gasteiger partial charge on any atom is -0.497 e. The summed E-state index contributed by atoms with van der Waals surface area (Å²) in [7, 11) is 3.39. The Morgan fingerprint density at radius 3 is 2.57 bits per heavy atom. The maximum Gasteiger partial charge on any atom is 0.260 e. The van der Waals surface area contributed by atoms with Gasteiger partial charge >= 0.3 is 0 Å². The Labute approximate surface area is 123 Å². The predicted molar refractivity (Wildman–Crippen MR) is 84.0 cm³/mol. The van der Waals surface area contributed by atoms with Crippen molar-refractivity contribution in [2.24, 2.45) is 0 Å². The van der Waals surface area contributed by atoms with Crippen LogP contribution < -0.4 is 9.64 Å². The van der Waals surface area contributed by atoms with Gasteiger partial charge in [0.1, 0.15) is 5.75 Å². The lowest BCUT2D eigenvalue weighted by atomic mass is 10.1. The van der Waals surface area contributed by atoms with Gasteiger partial charge in [-0.3, -0.25) is 4.79 Å². The number of rotatable bonds is 3. The summed E-state index contributed by atoms with van der Waals surface area (Å²) >= 11 is 0. The number of carbonyl (C=O) groups excluding carboxylic acids is 1. The molecule has 0 bridgehead atoms. The number of carbonyl (C=O) groups is 1. The standard InChI is InChI=1S/C17H16N2O2/c1-19(13-6-8-14(21-2)9-7-13)17(20)15-5-3-4-12-10-11-18-16(12)15/h3-11,18H,1-2H3. The number of para-hydroxylation sites is 1. The highest BCUT2D eigenvalue weighted by molar-refractivity contribution is 6.12. The van der Waals surface area contributed by atoms with E-state index in [4.69, 9.17) is 4.74 Å². The molecule has 1 heterocycles. The van der Waals surface area contributed by atoms with E-state index in [-0.39, 0.29) is 5.91 Å². The SMILES string of the molecule is COc1ccc(N(C)C(=O)c2cccc3cc[nH]c23)cc1. The predicted octanol–water partition coefficient (Wildman–Crippen LogP) is 3.45. The lowest BCUT2D eigenvalue weighted by molar-refractivity contribution is 0.0994. The molecule has 3 rings (SSSR count). The highest BCUT2D eigenvalue weighted by atomic mass is 16.5. The van der Waals surface area contributed by atoms with Gasteiger partial charge in [0.05, 0.1) is 18.2 Å². The molecule has 0 saturated carbocycles. The van der Waals surface area contributed by atoms with E-state index in [1.165, 1.54) is 0 Å².